The van der Waals surface area contributed by atoms with Crippen molar-refractivity contribution in [2.24, 2.45) is 0 Å². The molecule has 194 valence electrons. The van der Waals surface area contributed by atoms with E-state index < -0.39 is 10.0 Å². The molecule has 1 aliphatic heterocycles. The van der Waals surface area contributed by atoms with Crippen molar-refractivity contribution < 1.29 is 18.0 Å². The van der Waals surface area contributed by atoms with Crippen LogP contribution in [0.1, 0.15) is 27.9 Å². The number of rotatable bonds is 8. The van der Waals surface area contributed by atoms with E-state index in [0.29, 0.717) is 36.4 Å². The van der Waals surface area contributed by atoms with Crippen LogP contribution in [0.5, 0.6) is 0 Å². The standard InChI is InChI=1S/C28H32N4O4S/c1-21-3-10-25(11-4-21)30-37(35,36)26-14-5-22(6-15-26)7-16-27(33)29-24-12-8-23(9-13-24)28(34)32-19-17-31(2)18-20-32/h3-6,8-15,30H,7,16-20H2,1-2H3,(H,29,33). The average Bonchev–Trinajstić information content (AvgIpc) is 2.89. The van der Waals surface area contributed by atoms with Crippen LogP contribution in [0.4, 0.5) is 11.4 Å². The van der Waals surface area contributed by atoms with Gasteiger partial charge in [0.05, 0.1) is 4.90 Å². The molecule has 0 unspecified atom stereocenters. The predicted molar refractivity (Wildman–Crippen MR) is 145 cm³/mol. The molecule has 0 atom stereocenters. The van der Waals surface area contributed by atoms with E-state index in [1.807, 2.05) is 31.0 Å². The van der Waals surface area contributed by atoms with Gasteiger partial charge >= 0.3 is 0 Å². The van der Waals surface area contributed by atoms with Crippen molar-refractivity contribution in [3.63, 3.8) is 0 Å². The molecule has 9 heteroatoms. The fourth-order valence-electron chi connectivity index (χ4n) is 4.04. The van der Waals surface area contributed by atoms with Gasteiger partial charge in [0.2, 0.25) is 5.91 Å². The van der Waals surface area contributed by atoms with E-state index in [0.717, 1.165) is 24.2 Å². The van der Waals surface area contributed by atoms with Crippen LogP contribution in [-0.2, 0) is 21.2 Å². The lowest BCUT2D eigenvalue weighted by molar-refractivity contribution is -0.116. The highest BCUT2D eigenvalue weighted by Gasteiger charge is 2.20. The van der Waals surface area contributed by atoms with Crippen molar-refractivity contribution in [1.29, 1.82) is 0 Å². The van der Waals surface area contributed by atoms with Gasteiger partial charge in [-0.1, -0.05) is 29.8 Å². The number of nitrogens with zero attached hydrogens (tertiary/aromatic N) is 2. The van der Waals surface area contributed by atoms with E-state index in [2.05, 4.69) is 14.9 Å². The van der Waals surface area contributed by atoms with Gasteiger partial charge in [-0.2, -0.15) is 0 Å². The molecular weight excluding hydrogens is 488 g/mol. The van der Waals surface area contributed by atoms with Gasteiger partial charge in [-0.25, -0.2) is 8.42 Å². The Morgan fingerprint density at radius 3 is 2.03 bits per heavy atom. The summed E-state index contributed by atoms with van der Waals surface area (Å²) in [5.74, 6) is -0.151. The number of nitrogens with one attached hydrogen (secondary N) is 2. The molecule has 1 fully saturated rings. The Balaban J connectivity index is 1.26. The zero-order chi connectivity index (χ0) is 26.4. The number of hydrogen-bond donors (Lipinski definition) is 2. The van der Waals surface area contributed by atoms with E-state index >= 15 is 0 Å². The summed E-state index contributed by atoms with van der Waals surface area (Å²) in [6, 6.07) is 20.6. The molecule has 0 aromatic heterocycles. The number of amides is 2. The Morgan fingerprint density at radius 2 is 1.41 bits per heavy atom. The maximum absolute atomic E-state index is 12.7. The topological polar surface area (TPSA) is 98.8 Å². The first-order valence-electron chi connectivity index (χ1n) is 12.3. The molecule has 0 saturated carbocycles. The molecule has 2 amide bonds. The normalized spacial score (nSPS) is 14.3. The molecule has 8 nitrogen and oxygen atoms in total. The summed E-state index contributed by atoms with van der Waals surface area (Å²) in [5.41, 5.74) is 3.64. The van der Waals surface area contributed by atoms with Crippen LogP contribution in [0.3, 0.4) is 0 Å². The van der Waals surface area contributed by atoms with E-state index in [1.165, 1.54) is 0 Å². The molecular formula is C28H32N4O4S. The monoisotopic (exact) mass is 520 g/mol. The molecule has 2 N–H and O–H groups in total. The average molecular weight is 521 g/mol. The van der Waals surface area contributed by atoms with Gasteiger partial charge in [-0.15, -0.1) is 0 Å². The lowest BCUT2D eigenvalue weighted by atomic mass is 10.1. The van der Waals surface area contributed by atoms with Gasteiger partial charge < -0.3 is 15.1 Å². The fourth-order valence-corrected chi connectivity index (χ4v) is 5.10. The summed E-state index contributed by atoms with van der Waals surface area (Å²) >= 11 is 0. The molecule has 0 aliphatic carbocycles. The third-order valence-corrected chi connectivity index (χ3v) is 7.78. The second-order valence-corrected chi connectivity index (χ2v) is 11.0. The van der Waals surface area contributed by atoms with Crippen LogP contribution in [0, 0.1) is 6.92 Å². The van der Waals surface area contributed by atoms with Crippen molar-refractivity contribution in [3.8, 4) is 0 Å². The number of piperazine rings is 1. The number of hydrogen-bond acceptors (Lipinski definition) is 5. The highest BCUT2D eigenvalue weighted by atomic mass is 32.2. The number of aryl methyl sites for hydroxylation is 2. The Morgan fingerprint density at radius 1 is 0.811 bits per heavy atom. The molecule has 0 radical (unpaired) electrons. The van der Waals surface area contributed by atoms with Gasteiger partial charge in [-0.3, -0.25) is 14.3 Å². The number of carbonyl (C=O) groups is 2. The Labute approximate surface area is 218 Å². The maximum atomic E-state index is 12.7. The molecule has 1 heterocycles. The SMILES string of the molecule is Cc1ccc(NS(=O)(=O)c2ccc(CCC(=O)Nc3ccc(C(=O)N4CCN(C)CC4)cc3)cc2)cc1. The summed E-state index contributed by atoms with van der Waals surface area (Å²) in [4.78, 5) is 29.3. The molecule has 4 rings (SSSR count). The van der Waals surface area contributed by atoms with Crippen LogP contribution in [0.25, 0.3) is 0 Å². The summed E-state index contributed by atoms with van der Waals surface area (Å²) in [5, 5.41) is 2.85. The number of benzene rings is 3. The first-order chi connectivity index (χ1) is 17.7. The highest BCUT2D eigenvalue weighted by molar-refractivity contribution is 7.92. The molecule has 0 spiro atoms. The van der Waals surface area contributed by atoms with Crippen LogP contribution < -0.4 is 10.0 Å². The summed E-state index contributed by atoms with van der Waals surface area (Å²) < 4.78 is 27.8. The van der Waals surface area contributed by atoms with Crippen molar-refractivity contribution in [2.75, 3.05) is 43.3 Å². The fraction of sp³-hybridized carbons (Fsp3) is 0.286. The number of anilines is 2. The largest absolute Gasteiger partial charge is 0.336 e. The minimum atomic E-state index is -3.69. The summed E-state index contributed by atoms with van der Waals surface area (Å²) in [6.45, 7) is 5.09. The van der Waals surface area contributed by atoms with Gasteiger partial charge in [0, 0.05) is 49.5 Å². The van der Waals surface area contributed by atoms with Crippen molar-refractivity contribution in [1.82, 2.24) is 9.80 Å². The third kappa shape index (κ3) is 7.18. The van der Waals surface area contributed by atoms with Gasteiger partial charge in [0.25, 0.3) is 15.9 Å². The maximum Gasteiger partial charge on any atom is 0.261 e. The minimum Gasteiger partial charge on any atom is -0.336 e. The molecule has 1 aliphatic rings. The van der Waals surface area contributed by atoms with E-state index in [-0.39, 0.29) is 23.1 Å². The first kappa shape index (κ1) is 26.4. The number of likely N-dealkylation sites (N-methyl/N-ethyl adjacent to an activating group) is 1. The van der Waals surface area contributed by atoms with Gasteiger partial charge in [0.15, 0.2) is 0 Å². The van der Waals surface area contributed by atoms with Crippen molar-refractivity contribution >= 4 is 33.2 Å². The zero-order valence-corrected chi connectivity index (χ0v) is 21.9. The molecule has 1 saturated heterocycles. The second kappa shape index (κ2) is 11.6. The number of sulfonamides is 1. The lowest BCUT2D eigenvalue weighted by Crippen LogP contribution is -2.47. The zero-order valence-electron chi connectivity index (χ0n) is 21.1. The van der Waals surface area contributed by atoms with E-state index in [1.54, 1.807) is 60.7 Å². The Bertz CT molecular complexity index is 1330. The Kier molecular flexibility index (Phi) is 8.25. The molecule has 0 bridgehead atoms. The molecule has 3 aromatic carbocycles. The number of carbonyl (C=O) groups excluding carboxylic acids is 2. The molecule has 37 heavy (non-hydrogen) atoms. The molecule has 3 aromatic rings. The summed E-state index contributed by atoms with van der Waals surface area (Å²) in [6.07, 6.45) is 0.715. The minimum absolute atomic E-state index is 0.00510. The quantitative estimate of drug-likeness (QED) is 0.471. The van der Waals surface area contributed by atoms with Crippen LogP contribution in [0.15, 0.2) is 77.7 Å². The third-order valence-electron chi connectivity index (χ3n) is 6.38. The Hall–Kier alpha value is -3.69. The van der Waals surface area contributed by atoms with Crippen LogP contribution >= 0.6 is 0 Å². The van der Waals surface area contributed by atoms with Crippen molar-refractivity contribution in [2.45, 2.75) is 24.7 Å². The van der Waals surface area contributed by atoms with Crippen LogP contribution in [0.2, 0.25) is 0 Å². The van der Waals surface area contributed by atoms with Crippen LogP contribution in [-0.4, -0.2) is 63.3 Å². The van der Waals surface area contributed by atoms with E-state index in [9.17, 15) is 18.0 Å². The predicted octanol–water partition coefficient (Wildman–Crippen LogP) is 3.75. The van der Waals surface area contributed by atoms with E-state index in [4.69, 9.17) is 0 Å². The lowest BCUT2D eigenvalue weighted by Gasteiger charge is -2.32. The first-order valence-corrected chi connectivity index (χ1v) is 13.7. The highest BCUT2D eigenvalue weighted by Crippen LogP contribution is 2.18. The summed E-state index contributed by atoms with van der Waals surface area (Å²) in [7, 11) is -1.65. The van der Waals surface area contributed by atoms with Gasteiger partial charge in [-0.05, 0) is 74.5 Å². The van der Waals surface area contributed by atoms with Gasteiger partial charge in [0.1, 0.15) is 0 Å². The smallest absolute Gasteiger partial charge is 0.261 e. The van der Waals surface area contributed by atoms with Crippen molar-refractivity contribution in [3.05, 3.63) is 89.5 Å². The second-order valence-electron chi connectivity index (χ2n) is 9.34.